The molecule has 2 heterocycles. The molecular formula is C26H32N4O2S. The first kappa shape index (κ1) is 23.6. The summed E-state index contributed by atoms with van der Waals surface area (Å²) >= 11 is 1.92. The normalized spacial score (nSPS) is 26.8. The summed E-state index contributed by atoms with van der Waals surface area (Å²) in [5.41, 5.74) is 3.38. The van der Waals surface area contributed by atoms with E-state index >= 15 is 0 Å². The molecule has 1 aliphatic heterocycles. The zero-order valence-corrected chi connectivity index (χ0v) is 20.6. The van der Waals surface area contributed by atoms with Crippen molar-refractivity contribution in [1.29, 1.82) is 5.26 Å². The predicted octanol–water partition coefficient (Wildman–Crippen LogP) is 5.62. The maximum Gasteiger partial charge on any atom is 0.291 e. The number of hydrogen-bond acceptors (Lipinski definition) is 5. The highest BCUT2D eigenvalue weighted by atomic mass is 32.2. The van der Waals surface area contributed by atoms with Crippen LogP contribution in [0.3, 0.4) is 0 Å². The lowest BCUT2D eigenvalue weighted by molar-refractivity contribution is 0.0157. The van der Waals surface area contributed by atoms with Gasteiger partial charge in [-0.05, 0) is 60.8 Å². The predicted molar refractivity (Wildman–Crippen MR) is 133 cm³/mol. The van der Waals surface area contributed by atoms with Gasteiger partial charge in [0.2, 0.25) is 0 Å². The van der Waals surface area contributed by atoms with E-state index in [0.717, 1.165) is 30.4 Å². The Morgan fingerprint density at radius 1 is 1.30 bits per heavy atom. The average molecular weight is 465 g/mol. The number of aromatic amines is 1. The first-order chi connectivity index (χ1) is 15.6. The Hall–Kier alpha value is -2.56. The number of aromatic nitrogens is 2. The molecule has 3 N–H and O–H groups in total. The van der Waals surface area contributed by atoms with Crippen molar-refractivity contribution in [1.82, 2.24) is 9.97 Å². The standard InChI is InChI=1S/C26H32N4O2S/c1-16-12-26(32,13-17(2)33-16)19-5-6-22(30-24(31)23-28-15-20(14-27)29-23)21(11-19)18-7-9-25(3,4)10-8-18/h5-7,11,15-17,32H,8-10,12-13H2,1-4H3,(H,28,29)(H,30,31). The number of imidazole rings is 1. The molecule has 0 saturated carbocycles. The first-order valence-corrected chi connectivity index (χ1v) is 12.5. The van der Waals surface area contributed by atoms with Crippen molar-refractivity contribution in [2.24, 2.45) is 5.41 Å². The van der Waals surface area contributed by atoms with Crippen molar-refractivity contribution in [3.8, 4) is 6.07 Å². The van der Waals surface area contributed by atoms with Gasteiger partial charge in [-0.25, -0.2) is 4.98 Å². The van der Waals surface area contributed by atoms with Crippen LogP contribution in [0.5, 0.6) is 0 Å². The number of hydrogen-bond donors (Lipinski definition) is 3. The molecule has 33 heavy (non-hydrogen) atoms. The molecule has 1 aliphatic carbocycles. The zero-order valence-electron chi connectivity index (χ0n) is 19.7. The molecule has 1 saturated heterocycles. The molecule has 1 aromatic heterocycles. The fraction of sp³-hybridized carbons (Fsp3) is 0.500. The molecule has 1 amide bonds. The van der Waals surface area contributed by atoms with Crippen molar-refractivity contribution in [2.45, 2.75) is 75.9 Å². The molecule has 0 spiro atoms. The second-order valence-electron chi connectivity index (χ2n) is 10.3. The number of allylic oxidation sites excluding steroid dienone is 2. The van der Waals surface area contributed by atoms with Crippen LogP contribution in [0.15, 0.2) is 30.5 Å². The van der Waals surface area contributed by atoms with Gasteiger partial charge in [-0.3, -0.25) is 4.79 Å². The number of nitrogens with one attached hydrogen (secondary N) is 2. The number of carbonyl (C=O) groups excluding carboxylic acids is 1. The average Bonchev–Trinajstić information content (AvgIpc) is 3.23. The molecule has 2 atom stereocenters. The fourth-order valence-electron chi connectivity index (χ4n) is 4.97. The van der Waals surface area contributed by atoms with E-state index in [4.69, 9.17) is 5.26 Å². The van der Waals surface area contributed by atoms with Gasteiger partial charge in [0.05, 0.1) is 11.8 Å². The van der Waals surface area contributed by atoms with Crippen LogP contribution in [0.1, 0.15) is 87.2 Å². The van der Waals surface area contributed by atoms with Gasteiger partial charge < -0.3 is 15.4 Å². The van der Waals surface area contributed by atoms with Crippen LogP contribution in [-0.4, -0.2) is 31.5 Å². The number of H-pyrrole nitrogens is 1. The van der Waals surface area contributed by atoms with Gasteiger partial charge in [0.1, 0.15) is 11.8 Å². The minimum atomic E-state index is -0.876. The van der Waals surface area contributed by atoms with Gasteiger partial charge >= 0.3 is 0 Å². The summed E-state index contributed by atoms with van der Waals surface area (Å²) < 4.78 is 0. The highest BCUT2D eigenvalue weighted by molar-refractivity contribution is 8.00. The van der Waals surface area contributed by atoms with Crippen LogP contribution in [0.25, 0.3) is 5.57 Å². The molecule has 2 aromatic rings. The highest BCUT2D eigenvalue weighted by Crippen LogP contribution is 2.46. The van der Waals surface area contributed by atoms with Gasteiger partial charge in [0.25, 0.3) is 5.91 Å². The third kappa shape index (κ3) is 5.18. The van der Waals surface area contributed by atoms with Crippen molar-refractivity contribution < 1.29 is 9.90 Å². The molecule has 2 unspecified atom stereocenters. The molecule has 2 aliphatic rings. The maximum absolute atomic E-state index is 12.8. The van der Waals surface area contributed by atoms with Crippen molar-refractivity contribution in [2.75, 3.05) is 5.32 Å². The number of aliphatic hydroxyl groups is 1. The van der Waals surface area contributed by atoms with E-state index in [-0.39, 0.29) is 16.9 Å². The Morgan fingerprint density at radius 3 is 2.64 bits per heavy atom. The summed E-state index contributed by atoms with van der Waals surface area (Å²) in [4.78, 5) is 19.6. The number of anilines is 1. The zero-order chi connectivity index (χ0) is 23.8. The molecule has 174 valence electrons. The summed E-state index contributed by atoms with van der Waals surface area (Å²) in [6.07, 6.45) is 7.99. The molecule has 4 rings (SSSR count). The first-order valence-electron chi connectivity index (χ1n) is 11.6. The molecule has 7 heteroatoms. The Kier molecular flexibility index (Phi) is 6.43. The maximum atomic E-state index is 12.8. The van der Waals surface area contributed by atoms with Crippen LogP contribution < -0.4 is 5.32 Å². The smallest absolute Gasteiger partial charge is 0.291 e. The number of nitriles is 1. The number of nitrogens with zero attached hydrogens (tertiary/aromatic N) is 2. The summed E-state index contributed by atoms with van der Waals surface area (Å²) in [5, 5.41) is 24.3. The number of amides is 1. The monoisotopic (exact) mass is 464 g/mol. The number of carbonyl (C=O) groups is 1. The van der Waals surface area contributed by atoms with E-state index in [1.165, 1.54) is 11.8 Å². The Balaban J connectivity index is 1.71. The second kappa shape index (κ2) is 9.00. The Bertz CT molecular complexity index is 1120. The van der Waals surface area contributed by atoms with E-state index in [1.54, 1.807) is 0 Å². The van der Waals surface area contributed by atoms with Gasteiger partial charge in [0, 0.05) is 21.8 Å². The van der Waals surface area contributed by atoms with Crippen LogP contribution in [0, 0.1) is 16.7 Å². The lowest BCUT2D eigenvalue weighted by Gasteiger charge is -2.39. The molecule has 0 radical (unpaired) electrons. The molecule has 1 fully saturated rings. The SMILES string of the molecule is CC1CC(O)(c2ccc(NC(=O)c3ncc(C#N)[nH]3)c(C3=CCC(C)(C)CC3)c2)CC(C)S1. The van der Waals surface area contributed by atoms with Crippen LogP contribution >= 0.6 is 11.8 Å². The summed E-state index contributed by atoms with van der Waals surface area (Å²) in [5.74, 6) is -0.289. The van der Waals surface area contributed by atoms with Crippen LogP contribution in [-0.2, 0) is 5.60 Å². The quantitative estimate of drug-likeness (QED) is 0.545. The molecular weight excluding hydrogens is 432 g/mol. The largest absolute Gasteiger partial charge is 0.385 e. The van der Waals surface area contributed by atoms with E-state index in [1.807, 2.05) is 30.0 Å². The number of thioether (sulfide) groups is 1. The van der Waals surface area contributed by atoms with Gasteiger partial charge in [-0.1, -0.05) is 39.8 Å². The third-order valence-corrected chi connectivity index (χ3v) is 8.01. The second-order valence-corrected chi connectivity index (χ2v) is 12.1. The van der Waals surface area contributed by atoms with Gasteiger partial charge in [-0.15, -0.1) is 0 Å². The molecule has 1 aromatic carbocycles. The molecule has 0 bridgehead atoms. The van der Waals surface area contributed by atoms with Crippen molar-refractivity contribution >= 4 is 28.9 Å². The van der Waals surface area contributed by atoms with Crippen LogP contribution in [0.2, 0.25) is 0 Å². The van der Waals surface area contributed by atoms with Gasteiger partial charge in [0.15, 0.2) is 5.82 Å². The lowest BCUT2D eigenvalue weighted by atomic mass is 9.76. The molecule has 6 nitrogen and oxygen atoms in total. The van der Waals surface area contributed by atoms with E-state index in [9.17, 15) is 9.90 Å². The topological polar surface area (TPSA) is 102 Å². The summed E-state index contributed by atoms with van der Waals surface area (Å²) in [6.45, 7) is 8.89. The highest BCUT2D eigenvalue weighted by Gasteiger charge is 2.38. The number of benzene rings is 1. The van der Waals surface area contributed by atoms with E-state index in [0.29, 0.717) is 29.0 Å². The van der Waals surface area contributed by atoms with Crippen LogP contribution in [0.4, 0.5) is 5.69 Å². The summed E-state index contributed by atoms with van der Waals surface area (Å²) in [6, 6.07) is 7.85. The van der Waals surface area contributed by atoms with E-state index in [2.05, 4.69) is 55.1 Å². The van der Waals surface area contributed by atoms with Crippen molar-refractivity contribution in [3.05, 3.63) is 53.1 Å². The van der Waals surface area contributed by atoms with Crippen molar-refractivity contribution in [3.63, 3.8) is 0 Å². The summed E-state index contributed by atoms with van der Waals surface area (Å²) in [7, 11) is 0. The minimum Gasteiger partial charge on any atom is -0.385 e. The Labute approximate surface area is 199 Å². The fourth-order valence-corrected chi connectivity index (χ4v) is 6.50. The lowest BCUT2D eigenvalue weighted by Crippen LogP contribution is -2.36. The van der Waals surface area contributed by atoms with Gasteiger partial charge in [-0.2, -0.15) is 17.0 Å². The minimum absolute atomic E-state index is 0.103. The number of rotatable bonds is 4. The third-order valence-electron chi connectivity index (χ3n) is 6.75. The Morgan fingerprint density at radius 2 is 2.03 bits per heavy atom. The van der Waals surface area contributed by atoms with E-state index < -0.39 is 11.5 Å².